The fourth-order valence-electron chi connectivity index (χ4n) is 4.42. The average Bonchev–Trinajstić information content (AvgIpc) is 3.45. The molecule has 32 heavy (non-hydrogen) atoms. The molecule has 1 aliphatic heterocycles. The minimum absolute atomic E-state index is 0.174. The molecule has 0 spiro atoms. The van der Waals surface area contributed by atoms with Gasteiger partial charge in [-0.2, -0.15) is 0 Å². The molecule has 1 unspecified atom stereocenters. The summed E-state index contributed by atoms with van der Waals surface area (Å²) >= 11 is 0. The largest absolute Gasteiger partial charge is 0.450 e. The second-order valence-electron chi connectivity index (χ2n) is 8.87. The topological polar surface area (TPSA) is 68.1 Å². The molecule has 1 fully saturated rings. The molecule has 1 aliphatic rings. The van der Waals surface area contributed by atoms with Gasteiger partial charge in [-0.15, -0.1) is 0 Å². The van der Waals surface area contributed by atoms with E-state index < -0.39 is 0 Å². The van der Waals surface area contributed by atoms with Crippen LogP contribution >= 0.6 is 0 Å². The maximum Gasteiger partial charge on any atom is 0.188 e. The van der Waals surface area contributed by atoms with Crippen LogP contribution in [-0.4, -0.2) is 46.2 Å². The number of halogens is 1. The van der Waals surface area contributed by atoms with Crippen molar-refractivity contribution in [3.05, 3.63) is 54.8 Å². The number of anilines is 1. The van der Waals surface area contributed by atoms with Crippen molar-refractivity contribution in [1.29, 1.82) is 0 Å². The van der Waals surface area contributed by atoms with Gasteiger partial charge in [0.1, 0.15) is 18.0 Å². The standard InChI is InChI=1S/C24H31FN6O/c1-5-24(8-9-26-14-24)15-30(4)23-21(13-27-16-29-23)32-20-7-6-18(25)12-19(20)31-11-10-28-22(31)17(2)3/h6-7,10-13,16-17,26H,5,8-9,14-15H2,1-4H3. The second kappa shape index (κ2) is 9.24. The third kappa shape index (κ3) is 4.46. The molecule has 7 nitrogen and oxygen atoms in total. The normalized spacial score (nSPS) is 18.3. The first-order chi connectivity index (χ1) is 15.4. The molecule has 1 aromatic carbocycles. The average molecular weight is 439 g/mol. The SMILES string of the molecule is CCC1(CN(C)c2ncncc2Oc2ccc(F)cc2-n2ccnc2C(C)C)CCNC1. The van der Waals surface area contributed by atoms with Crippen LogP contribution in [0.25, 0.3) is 5.69 Å². The van der Waals surface area contributed by atoms with Gasteiger partial charge in [-0.1, -0.05) is 20.8 Å². The van der Waals surface area contributed by atoms with Crippen molar-refractivity contribution < 1.29 is 9.13 Å². The van der Waals surface area contributed by atoms with E-state index in [1.165, 1.54) is 18.5 Å². The molecule has 0 bridgehead atoms. The Labute approximate surface area is 188 Å². The predicted octanol–water partition coefficient (Wildman–Crippen LogP) is 4.54. The van der Waals surface area contributed by atoms with Gasteiger partial charge in [-0.25, -0.2) is 19.3 Å². The fourth-order valence-corrected chi connectivity index (χ4v) is 4.42. The van der Waals surface area contributed by atoms with E-state index in [9.17, 15) is 4.39 Å². The molecule has 0 saturated carbocycles. The molecule has 1 saturated heterocycles. The van der Waals surface area contributed by atoms with Crippen LogP contribution in [0.3, 0.4) is 0 Å². The Kier molecular flexibility index (Phi) is 6.41. The summed E-state index contributed by atoms with van der Waals surface area (Å²) in [4.78, 5) is 15.3. The number of benzene rings is 1. The van der Waals surface area contributed by atoms with Gasteiger partial charge in [0.05, 0.1) is 11.9 Å². The van der Waals surface area contributed by atoms with Crippen molar-refractivity contribution in [2.75, 3.05) is 31.6 Å². The number of ether oxygens (including phenoxy) is 1. The highest BCUT2D eigenvalue weighted by molar-refractivity contribution is 5.56. The van der Waals surface area contributed by atoms with Gasteiger partial charge in [0.15, 0.2) is 17.3 Å². The maximum atomic E-state index is 14.2. The van der Waals surface area contributed by atoms with E-state index in [0.29, 0.717) is 23.0 Å². The van der Waals surface area contributed by atoms with Crippen molar-refractivity contribution in [2.24, 2.45) is 5.41 Å². The molecule has 0 amide bonds. The van der Waals surface area contributed by atoms with Crippen molar-refractivity contribution in [3.63, 3.8) is 0 Å². The van der Waals surface area contributed by atoms with Crippen LogP contribution in [0.1, 0.15) is 45.4 Å². The van der Waals surface area contributed by atoms with Gasteiger partial charge in [-0.05, 0) is 31.5 Å². The van der Waals surface area contributed by atoms with Crippen LogP contribution < -0.4 is 15.0 Å². The Balaban J connectivity index is 1.67. The predicted molar refractivity (Wildman–Crippen MR) is 123 cm³/mol. The lowest BCUT2D eigenvalue weighted by molar-refractivity contribution is 0.315. The summed E-state index contributed by atoms with van der Waals surface area (Å²) in [5.74, 6) is 2.43. The number of imidazole rings is 1. The van der Waals surface area contributed by atoms with Crippen LogP contribution in [0.15, 0.2) is 43.1 Å². The van der Waals surface area contributed by atoms with Gasteiger partial charge >= 0.3 is 0 Å². The highest BCUT2D eigenvalue weighted by atomic mass is 19.1. The van der Waals surface area contributed by atoms with Crippen molar-refractivity contribution in [1.82, 2.24) is 24.8 Å². The summed E-state index contributed by atoms with van der Waals surface area (Å²) in [6.07, 6.45) is 8.96. The number of rotatable bonds is 8. The van der Waals surface area contributed by atoms with Gasteiger partial charge < -0.3 is 15.0 Å². The molecule has 0 radical (unpaired) electrons. The van der Waals surface area contributed by atoms with Crippen molar-refractivity contribution in [2.45, 2.75) is 39.5 Å². The molecular weight excluding hydrogens is 407 g/mol. The smallest absolute Gasteiger partial charge is 0.188 e. The number of nitrogens with zero attached hydrogens (tertiary/aromatic N) is 5. The van der Waals surface area contributed by atoms with Gasteiger partial charge in [0, 0.05) is 49.9 Å². The number of nitrogens with one attached hydrogen (secondary N) is 1. The Morgan fingerprint density at radius 3 is 2.84 bits per heavy atom. The Hall–Kier alpha value is -3.00. The van der Waals surface area contributed by atoms with Gasteiger partial charge in [0.25, 0.3) is 0 Å². The third-order valence-electron chi connectivity index (χ3n) is 6.26. The minimum atomic E-state index is -0.337. The monoisotopic (exact) mass is 438 g/mol. The zero-order chi connectivity index (χ0) is 22.7. The first kappa shape index (κ1) is 22.2. The maximum absolute atomic E-state index is 14.2. The second-order valence-corrected chi connectivity index (χ2v) is 8.87. The van der Waals surface area contributed by atoms with Gasteiger partial charge in [0.2, 0.25) is 0 Å². The summed E-state index contributed by atoms with van der Waals surface area (Å²) in [7, 11) is 2.03. The highest BCUT2D eigenvalue weighted by Gasteiger charge is 2.34. The zero-order valence-corrected chi connectivity index (χ0v) is 19.2. The summed E-state index contributed by atoms with van der Waals surface area (Å²) in [6.45, 7) is 9.24. The first-order valence-electron chi connectivity index (χ1n) is 11.2. The lowest BCUT2D eigenvalue weighted by Crippen LogP contribution is -2.37. The number of hydrogen-bond acceptors (Lipinski definition) is 6. The van der Waals surface area contributed by atoms with Gasteiger partial charge in [-0.3, -0.25) is 4.57 Å². The van der Waals surface area contributed by atoms with E-state index in [1.807, 2.05) is 17.8 Å². The zero-order valence-electron chi connectivity index (χ0n) is 19.2. The molecule has 1 N–H and O–H groups in total. The minimum Gasteiger partial charge on any atom is -0.450 e. The van der Waals surface area contributed by atoms with Crippen molar-refractivity contribution >= 4 is 5.82 Å². The summed E-state index contributed by atoms with van der Waals surface area (Å²) in [6, 6.07) is 4.50. The summed E-state index contributed by atoms with van der Waals surface area (Å²) in [5, 5.41) is 3.48. The van der Waals surface area contributed by atoms with Crippen LogP contribution in [0.4, 0.5) is 10.2 Å². The molecule has 4 rings (SSSR count). The highest BCUT2D eigenvalue weighted by Crippen LogP contribution is 2.37. The van der Waals surface area contributed by atoms with Crippen LogP contribution in [0.2, 0.25) is 0 Å². The quantitative estimate of drug-likeness (QED) is 0.557. The molecule has 2 aromatic heterocycles. The molecule has 3 aromatic rings. The molecule has 3 heterocycles. The molecule has 0 aliphatic carbocycles. The van der Waals surface area contributed by atoms with E-state index in [4.69, 9.17) is 4.74 Å². The summed E-state index contributed by atoms with van der Waals surface area (Å²) < 4.78 is 22.4. The molecule has 170 valence electrons. The molecule has 8 heteroatoms. The van der Waals surface area contributed by atoms with E-state index in [1.54, 1.807) is 18.5 Å². The van der Waals surface area contributed by atoms with Crippen LogP contribution in [0, 0.1) is 11.2 Å². The third-order valence-corrected chi connectivity index (χ3v) is 6.26. The van der Waals surface area contributed by atoms with E-state index >= 15 is 0 Å². The lowest BCUT2D eigenvalue weighted by Gasteiger charge is -2.33. The van der Waals surface area contributed by atoms with Crippen molar-refractivity contribution in [3.8, 4) is 17.2 Å². The van der Waals surface area contributed by atoms with E-state index in [2.05, 4.69) is 45.9 Å². The fraction of sp³-hybridized carbons (Fsp3) is 0.458. The molecule has 1 atom stereocenters. The lowest BCUT2D eigenvalue weighted by atomic mass is 9.84. The Morgan fingerprint density at radius 2 is 2.12 bits per heavy atom. The number of hydrogen-bond donors (Lipinski definition) is 1. The van der Waals surface area contributed by atoms with E-state index in [0.717, 1.165) is 38.3 Å². The van der Waals surface area contributed by atoms with Crippen LogP contribution in [0.5, 0.6) is 11.5 Å². The molecular formula is C24H31FN6O. The summed E-state index contributed by atoms with van der Waals surface area (Å²) in [5.41, 5.74) is 0.801. The van der Waals surface area contributed by atoms with E-state index in [-0.39, 0.29) is 17.2 Å². The number of aromatic nitrogens is 4. The first-order valence-corrected chi connectivity index (χ1v) is 11.2. The van der Waals surface area contributed by atoms with Crippen LogP contribution in [-0.2, 0) is 0 Å². The Bertz CT molecular complexity index is 1060. The Morgan fingerprint density at radius 1 is 1.28 bits per heavy atom.